The van der Waals surface area contributed by atoms with Crippen LogP contribution in [0.15, 0.2) is 0 Å². The third kappa shape index (κ3) is 5.67. The van der Waals surface area contributed by atoms with E-state index < -0.39 is 4.92 Å². The van der Waals surface area contributed by atoms with Gasteiger partial charge in [0.1, 0.15) is 5.69 Å². The summed E-state index contributed by atoms with van der Waals surface area (Å²) >= 11 is 1.28. The Hall–Kier alpha value is -1.32. The lowest BCUT2D eigenvalue weighted by atomic mass is 10.1. The maximum Gasteiger partial charge on any atom is 0.352 e. The minimum absolute atomic E-state index is 0.0471. The molecule has 0 amide bonds. The van der Waals surface area contributed by atoms with Crippen LogP contribution in [-0.2, 0) is 8.92 Å². The molecule has 132 valence electrons. The van der Waals surface area contributed by atoms with Gasteiger partial charge in [-0.2, -0.15) is 0 Å². The molecule has 1 aromatic heterocycles. The fourth-order valence-electron chi connectivity index (χ4n) is 2.27. The molecule has 23 heavy (non-hydrogen) atoms. The molecule has 1 heterocycles. The van der Waals surface area contributed by atoms with E-state index in [-0.39, 0.29) is 17.6 Å². The Morgan fingerprint density at radius 3 is 2.70 bits per heavy atom. The quantitative estimate of drug-likeness (QED) is 0.248. The van der Waals surface area contributed by atoms with E-state index in [4.69, 9.17) is 13.7 Å². The van der Waals surface area contributed by atoms with Crippen molar-refractivity contribution in [3.8, 4) is 5.88 Å². The summed E-state index contributed by atoms with van der Waals surface area (Å²) in [5, 5.41) is 15.7. The first-order chi connectivity index (χ1) is 11.1. The molecular weight excluding hydrogens is 322 g/mol. The second-order valence-electron chi connectivity index (χ2n) is 4.98. The maximum absolute atomic E-state index is 11.3. The number of nitrogens with zero attached hydrogens (tertiary/aromatic N) is 3. The van der Waals surface area contributed by atoms with Crippen molar-refractivity contribution in [3.05, 3.63) is 15.8 Å². The van der Waals surface area contributed by atoms with E-state index in [0.29, 0.717) is 31.9 Å². The SMILES string of the molecule is CCC(CCOC)n1nc(OCCCOSC)c([N+](=O)[O-])c1C. The highest BCUT2D eigenvalue weighted by atomic mass is 32.2. The zero-order valence-corrected chi connectivity index (χ0v) is 14.9. The Labute approximate surface area is 140 Å². The lowest BCUT2D eigenvalue weighted by Gasteiger charge is -2.16. The van der Waals surface area contributed by atoms with Crippen molar-refractivity contribution in [2.45, 2.75) is 39.2 Å². The molecule has 0 aliphatic rings. The zero-order valence-electron chi connectivity index (χ0n) is 14.1. The monoisotopic (exact) mass is 347 g/mol. The first-order valence-corrected chi connectivity index (χ1v) is 8.72. The van der Waals surface area contributed by atoms with Gasteiger partial charge in [-0.3, -0.25) is 14.8 Å². The predicted octanol–water partition coefficient (Wildman–Crippen LogP) is 3.15. The van der Waals surface area contributed by atoms with E-state index in [1.54, 1.807) is 18.7 Å². The fourth-order valence-corrected chi connectivity index (χ4v) is 2.55. The predicted molar refractivity (Wildman–Crippen MR) is 89.0 cm³/mol. The van der Waals surface area contributed by atoms with Crippen molar-refractivity contribution in [1.29, 1.82) is 0 Å². The minimum atomic E-state index is -0.435. The molecule has 1 aromatic rings. The lowest BCUT2D eigenvalue weighted by molar-refractivity contribution is -0.386. The molecule has 0 bridgehead atoms. The first-order valence-electron chi connectivity index (χ1n) is 7.57. The molecule has 1 unspecified atom stereocenters. The first kappa shape index (κ1) is 19.7. The average Bonchev–Trinajstić information content (AvgIpc) is 2.85. The molecule has 0 aromatic carbocycles. The van der Waals surface area contributed by atoms with Gasteiger partial charge in [0.15, 0.2) is 0 Å². The average molecular weight is 347 g/mol. The molecule has 9 heteroatoms. The van der Waals surface area contributed by atoms with Crippen LogP contribution in [0.1, 0.15) is 37.9 Å². The van der Waals surface area contributed by atoms with Gasteiger partial charge in [0, 0.05) is 26.4 Å². The number of nitro groups is 1. The topological polar surface area (TPSA) is 88.7 Å². The molecule has 0 saturated heterocycles. The van der Waals surface area contributed by atoms with Crippen LogP contribution in [-0.4, -0.2) is 47.9 Å². The van der Waals surface area contributed by atoms with Crippen LogP contribution in [0.5, 0.6) is 5.88 Å². The molecule has 0 aliphatic heterocycles. The third-order valence-corrected chi connectivity index (χ3v) is 3.87. The van der Waals surface area contributed by atoms with Gasteiger partial charge in [-0.25, -0.2) is 0 Å². The smallest absolute Gasteiger partial charge is 0.352 e. The number of hydrogen-bond acceptors (Lipinski definition) is 7. The van der Waals surface area contributed by atoms with Crippen LogP contribution in [0.3, 0.4) is 0 Å². The number of methoxy groups -OCH3 is 1. The summed E-state index contributed by atoms with van der Waals surface area (Å²) in [6.07, 6.45) is 4.03. The Bertz CT molecular complexity index is 495. The van der Waals surface area contributed by atoms with Gasteiger partial charge in [-0.1, -0.05) is 6.92 Å². The highest BCUT2D eigenvalue weighted by Gasteiger charge is 2.29. The van der Waals surface area contributed by atoms with Gasteiger partial charge in [0.25, 0.3) is 0 Å². The summed E-state index contributed by atoms with van der Waals surface area (Å²) in [6.45, 7) is 5.15. The Morgan fingerprint density at radius 2 is 2.13 bits per heavy atom. The van der Waals surface area contributed by atoms with Crippen molar-refractivity contribution in [2.24, 2.45) is 0 Å². The molecule has 0 aliphatic carbocycles. The Kier molecular flexibility index (Phi) is 8.97. The van der Waals surface area contributed by atoms with E-state index in [1.165, 1.54) is 12.0 Å². The van der Waals surface area contributed by atoms with Gasteiger partial charge in [-0.15, -0.1) is 5.10 Å². The molecule has 0 N–H and O–H groups in total. The van der Waals surface area contributed by atoms with Crippen molar-refractivity contribution in [1.82, 2.24) is 9.78 Å². The third-order valence-electron chi connectivity index (χ3n) is 3.47. The molecule has 0 spiro atoms. The highest BCUT2D eigenvalue weighted by Crippen LogP contribution is 2.33. The summed E-state index contributed by atoms with van der Waals surface area (Å²) in [6, 6.07) is 0.0471. The molecule has 0 saturated carbocycles. The summed E-state index contributed by atoms with van der Waals surface area (Å²) in [5.41, 5.74) is 0.444. The fraction of sp³-hybridized carbons (Fsp3) is 0.786. The molecule has 8 nitrogen and oxygen atoms in total. The Morgan fingerprint density at radius 1 is 1.39 bits per heavy atom. The van der Waals surface area contributed by atoms with E-state index in [1.807, 2.05) is 13.2 Å². The van der Waals surface area contributed by atoms with Crippen LogP contribution in [0.25, 0.3) is 0 Å². The van der Waals surface area contributed by atoms with Crippen molar-refractivity contribution >= 4 is 17.7 Å². The normalized spacial score (nSPS) is 12.3. The largest absolute Gasteiger partial charge is 0.472 e. The van der Waals surface area contributed by atoms with E-state index in [9.17, 15) is 10.1 Å². The van der Waals surface area contributed by atoms with E-state index in [0.717, 1.165) is 12.8 Å². The molecule has 1 atom stereocenters. The van der Waals surface area contributed by atoms with Crippen molar-refractivity contribution in [3.63, 3.8) is 0 Å². The van der Waals surface area contributed by atoms with Crippen LogP contribution < -0.4 is 4.74 Å². The van der Waals surface area contributed by atoms with Crippen LogP contribution in [0.2, 0.25) is 0 Å². The summed E-state index contributed by atoms with van der Waals surface area (Å²) in [4.78, 5) is 10.9. The lowest BCUT2D eigenvalue weighted by Crippen LogP contribution is -2.14. The molecule has 1 rings (SSSR count). The maximum atomic E-state index is 11.3. The van der Waals surface area contributed by atoms with Gasteiger partial charge in [0.05, 0.1) is 24.2 Å². The van der Waals surface area contributed by atoms with Gasteiger partial charge < -0.3 is 13.7 Å². The standard InChI is InChI=1S/C14H25N3O5S/c1-5-12(7-10-20-3)16-11(2)13(17(18)19)14(15-16)21-8-6-9-22-23-4/h12H,5-10H2,1-4H3. The highest BCUT2D eigenvalue weighted by molar-refractivity contribution is 7.93. The summed E-state index contributed by atoms with van der Waals surface area (Å²) in [5.74, 6) is 0.0764. The Balaban J connectivity index is 2.88. The zero-order chi connectivity index (χ0) is 17.2. The van der Waals surface area contributed by atoms with Crippen LogP contribution >= 0.6 is 12.0 Å². The van der Waals surface area contributed by atoms with E-state index in [2.05, 4.69) is 5.10 Å². The van der Waals surface area contributed by atoms with Gasteiger partial charge in [0.2, 0.25) is 0 Å². The summed E-state index contributed by atoms with van der Waals surface area (Å²) < 4.78 is 17.4. The number of hydrogen-bond donors (Lipinski definition) is 0. The van der Waals surface area contributed by atoms with Crippen LogP contribution in [0, 0.1) is 17.0 Å². The van der Waals surface area contributed by atoms with Gasteiger partial charge in [-0.05, 0) is 31.8 Å². The van der Waals surface area contributed by atoms with Gasteiger partial charge >= 0.3 is 11.6 Å². The second-order valence-corrected chi connectivity index (χ2v) is 5.54. The van der Waals surface area contributed by atoms with Crippen LogP contribution in [0.4, 0.5) is 5.69 Å². The number of rotatable bonds is 12. The molecule has 0 fully saturated rings. The number of aromatic nitrogens is 2. The molecule has 0 radical (unpaired) electrons. The van der Waals surface area contributed by atoms with Crippen molar-refractivity contribution in [2.75, 3.05) is 33.2 Å². The van der Waals surface area contributed by atoms with Crippen molar-refractivity contribution < 1.29 is 18.6 Å². The minimum Gasteiger partial charge on any atom is -0.472 e. The second kappa shape index (κ2) is 10.5. The molecular formula is C14H25N3O5S. The van der Waals surface area contributed by atoms with E-state index >= 15 is 0 Å². The number of ether oxygens (including phenoxy) is 2. The summed E-state index contributed by atoms with van der Waals surface area (Å²) in [7, 11) is 1.64.